The number of anilines is 1. The molecule has 0 bridgehead atoms. The number of para-hydroxylation sites is 1. The zero-order chi connectivity index (χ0) is 21.0. The summed E-state index contributed by atoms with van der Waals surface area (Å²) >= 11 is 0.958. The van der Waals surface area contributed by atoms with E-state index in [0.29, 0.717) is 17.0 Å². The van der Waals surface area contributed by atoms with E-state index in [-0.39, 0.29) is 16.5 Å². The van der Waals surface area contributed by atoms with Crippen LogP contribution in [0.5, 0.6) is 0 Å². The minimum absolute atomic E-state index is 0.145. The molecule has 1 heterocycles. The fourth-order valence-electron chi connectivity index (χ4n) is 2.31. The molecule has 0 saturated carbocycles. The van der Waals surface area contributed by atoms with Crippen molar-refractivity contribution in [2.75, 3.05) is 17.6 Å². The number of amides is 2. The number of benzene rings is 2. The normalized spacial score (nSPS) is 10.7. The molecule has 0 unspecified atom stereocenters. The van der Waals surface area contributed by atoms with Crippen LogP contribution in [0.2, 0.25) is 0 Å². The minimum Gasteiger partial charge on any atom is -0.346 e. The van der Waals surface area contributed by atoms with E-state index >= 15 is 0 Å². The summed E-state index contributed by atoms with van der Waals surface area (Å²) in [5, 5.41) is 4.97. The number of aromatic amines is 1. The molecule has 3 N–H and O–H groups in total. The second kappa shape index (κ2) is 8.78. The van der Waals surface area contributed by atoms with Crippen LogP contribution < -0.4 is 16.2 Å². The highest BCUT2D eigenvalue weighted by Gasteiger charge is 2.15. The lowest BCUT2D eigenvalue weighted by molar-refractivity contribution is -0.122. The minimum atomic E-state index is -1.71. The Morgan fingerprint density at radius 3 is 2.59 bits per heavy atom. The van der Waals surface area contributed by atoms with Gasteiger partial charge in [-0.2, -0.15) is 0 Å². The van der Waals surface area contributed by atoms with Crippen LogP contribution in [0.15, 0.2) is 46.3 Å². The maximum Gasteiger partial charge on any atom is 0.259 e. The number of hydrogen-bond acceptors (Lipinski definition) is 5. The molecule has 0 spiro atoms. The fraction of sp³-hybridized carbons (Fsp3) is 0.111. The van der Waals surface area contributed by atoms with Crippen LogP contribution in [-0.4, -0.2) is 34.1 Å². The SMILES string of the molecule is O=C(CSc1nc2ccccc2c(=O)[nH]1)NCC(=O)Nc1ccc(F)c(F)c1F. The van der Waals surface area contributed by atoms with E-state index in [4.69, 9.17) is 0 Å². The molecule has 0 fully saturated rings. The third-order valence-corrected chi connectivity index (χ3v) is 4.56. The van der Waals surface area contributed by atoms with E-state index in [1.165, 1.54) is 0 Å². The lowest BCUT2D eigenvalue weighted by Gasteiger charge is -2.08. The third kappa shape index (κ3) is 4.93. The summed E-state index contributed by atoms with van der Waals surface area (Å²) in [5.41, 5.74) is -0.408. The van der Waals surface area contributed by atoms with Crippen LogP contribution in [0.25, 0.3) is 10.9 Å². The summed E-state index contributed by atoms with van der Waals surface area (Å²) in [6.07, 6.45) is 0. The lowest BCUT2D eigenvalue weighted by Crippen LogP contribution is -2.34. The molecule has 7 nitrogen and oxygen atoms in total. The van der Waals surface area contributed by atoms with Gasteiger partial charge in [0.1, 0.15) is 0 Å². The summed E-state index contributed by atoms with van der Waals surface area (Å²) in [5.74, 6) is -6.15. The highest BCUT2D eigenvalue weighted by molar-refractivity contribution is 7.99. The molecule has 29 heavy (non-hydrogen) atoms. The van der Waals surface area contributed by atoms with Gasteiger partial charge in [0.05, 0.1) is 28.9 Å². The van der Waals surface area contributed by atoms with Crippen molar-refractivity contribution in [1.82, 2.24) is 15.3 Å². The van der Waals surface area contributed by atoms with Gasteiger partial charge in [-0.05, 0) is 24.3 Å². The smallest absolute Gasteiger partial charge is 0.259 e. The molecule has 0 aliphatic carbocycles. The predicted octanol–water partition coefficient (Wildman–Crippen LogP) is 2.19. The number of nitrogens with one attached hydrogen (secondary N) is 3. The monoisotopic (exact) mass is 422 g/mol. The van der Waals surface area contributed by atoms with E-state index in [1.54, 1.807) is 24.3 Å². The molecule has 0 atom stereocenters. The van der Waals surface area contributed by atoms with E-state index in [2.05, 4.69) is 15.3 Å². The Morgan fingerprint density at radius 2 is 1.79 bits per heavy atom. The number of hydrogen-bond donors (Lipinski definition) is 3. The maximum atomic E-state index is 13.5. The summed E-state index contributed by atoms with van der Waals surface area (Å²) < 4.78 is 39.5. The molecule has 150 valence electrons. The molecule has 0 aliphatic heterocycles. The van der Waals surface area contributed by atoms with Crippen molar-refractivity contribution >= 4 is 40.2 Å². The van der Waals surface area contributed by atoms with Gasteiger partial charge in [-0.15, -0.1) is 0 Å². The van der Waals surface area contributed by atoms with Gasteiger partial charge in [-0.3, -0.25) is 14.4 Å². The third-order valence-electron chi connectivity index (χ3n) is 3.69. The zero-order valence-electron chi connectivity index (χ0n) is 14.6. The number of nitrogens with zero attached hydrogens (tertiary/aromatic N) is 1. The zero-order valence-corrected chi connectivity index (χ0v) is 15.4. The molecule has 0 aliphatic rings. The van der Waals surface area contributed by atoms with Crippen molar-refractivity contribution in [1.29, 1.82) is 0 Å². The molecule has 2 aromatic carbocycles. The Balaban J connectivity index is 1.52. The number of carbonyl (C=O) groups excluding carboxylic acids is 2. The Bertz CT molecular complexity index is 1150. The van der Waals surface area contributed by atoms with Crippen LogP contribution in [0.1, 0.15) is 0 Å². The first-order chi connectivity index (χ1) is 13.8. The van der Waals surface area contributed by atoms with Crippen LogP contribution in [0.3, 0.4) is 0 Å². The predicted molar refractivity (Wildman–Crippen MR) is 101 cm³/mol. The van der Waals surface area contributed by atoms with Gasteiger partial charge in [-0.1, -0.05) is 23.9 Å². The quantitative estimate of drug-likeness (QED) is 0.321. The standard InChI is InChI=1S/C18H13F3N4O3S/c19-10-5-6-12(16(21)15(10)20)23-13(26)7-22-14(27)8-29-18-24-11-4-2-1-3-9(11)17(28)25-18/h1-6H,7-8H2,(H,22,27)(H,23,26)(H,24,25,28). The van der Waals surface area contributed by atoms with Gasteiger partial charge in [0.2, 0.25) is 11.8 Å². The van der Waals surface area contributed by atoms with E-state index in [1.807, 2.05) is 5.32 Å². The summed E-state index contributed by atoms with van der Waals surface area (Å²) in [7, 11) is 0. The molecule has 3 rings (SSSR count). The maximum absolute atomic E-state index is 13.5. The molecular formula is C18H13F3N4O3S. The van der Waals surface area contributed by atoms with Gasteiger partial charge in [0.15, 0.2) is 22.6 Å². The molecule has 11 heteroatoms. The first-order valence-electron chi connectivity index (χ1n) is 8.17. The van der Waals surface area contributed by atoms with E-state index < -0.39 is 41.5 Å². The van der Waals surface area contributed by atoms with Crippen LogP contribution in [-0.2, 0) is 9.59 Å². The molecule has 0 radical (unpaired) electrons. The Kier molecular flexibility index (Phi) is 6.17. The number of aromatic nitrogens is 2. The second-order valence-corrected chi connectivity index (χ2v) is 6.69. The average Bonchev–Trinajstić information content (AvgIpc) is 2.71. The average molecular weight is 422 g/mol. The summed E-state index contributed by atoms with van der Waals surface area (Å²) in [6.45, 7) is -0.514. The van der Waals surface area contributed by atoms with Crippen LogP contribution >= 0.6 is 11.8 Å². The number of fused-ring (bicyclic) bond motifs is 1. The van der Waals surface area contributed by atoms with Gasteiger partial charge in [0, 0.05) is 0 Å². The second-order valence-electron chi connectivity index (χ2n) is 5.72. The van der Waals surface area contributed by atoms with E-state index in [9.17, 15) is 27.6 Å². The van der Waals surface area contributed by atoms with Gasteiger partial charge >= 0.3 is 0 Å². The van der Waals surface area contributed by atoms with Crippen LogP contribution in [0, 0.1) is 17.5 Å². The van der Waals surface area contributed by atoms with Crippen LogP contribution in [0.4, 0.5) is 18.9 Å². The Hall–Kier alpha value is -3.34. The van der Waals surface area contributed by atoms with Crippen molar-refractivity contribution in [2.45, 2.75) is 5.16 Å². The Labute approximate surface area is 165 Å². The van der Waals surface area contributed by atoms with Crippen molar-refractivity contribution in [3.05, 3.63) is 64.2 Å². The number of rotatable bonds is 6. The van der Waals surface area contributed by atoms with Gasteiger partial charge in [0.25, 0.3) is 5.56 Å². The lowest BCUT2D eigenvalue weighted by atomic mass is 10.2. The number of halogens is 3. The summed E-state index contributed by atoms with van der Waals surface area (Å²) in [4.78, 5) is 42.4. The molecule has 1 aromatic heterocycles. The largest absolute Gasteiger partial charge is 0.346 e. The molecular weight excluding hydrogens is 409 g/mol. The fourth-order valence-corrected chi connectivity index (χ4v) is 3.01. The number of thioether (sulfide) groups is 1. The highest BCUT2D eigenvalue weighted by Crippen LogP contribution is 2.19. The van der Waals surface area contributed by atoms with Gasteiger partial charge < -0.3 is 15.6 Å². The summed E-state index contributed by atoms with van der Waals surface area (Å²) in [6, 6.07) is 8.25. The van der Waals surface area contributed by atoms with Crippen molar-refractivity contribution in [3.63, 3.8) is 0 Å². The molecule has 3 aromatic rings. The molecule has 2 amide bonds. The number of carbonyl (C=O) groups is 2. The number of H-pyrrole nitrogens is 1. The first kappa shape index (κ1) is 20.4. The van der Waals surface area contributed by atoms with E-state index in [0.717, 1.165) is 17.8 Å². The van der Waals surface area contributed by atoms with Crippen molar-refractivity contribution in [2.24, 2.45) is 0 Å². The van der Waals surface area contributed by atoms with Gasteiger partial charge in [-0.25, -0.2) is 18.2 Å². The topological polar surface area (TPSA) is 104 Å². The highest BCUT2D eigenvalue weighted by atomic mass is 32.2. The first-order valence-corrected chi connectivity index (χ1v) is 9.15. The Morgan fingerprint density at radius 1 is 1.03 bits per heavy atom. The molecule has 0 saturated heterocycles. The van der Waals surface area contributed by atoms with Crippen molar-refractivity contribution in [3.8, 4) is 0 Å². The van der Waals surface area contributed by atoms with Crippen molar-refractivity contribution < 1.29 is 22.8 Å².